The normalized spacial score (nSPS) is 27.4. The van der Waals surface area contributed by atoms with E-state index < -0.39 is 23.2 Å². The maximum atomic E-state index is 12.9. The van der Waals surface area contributed by atoms with Crippen LogP contribution >= 0.6 is 0 Å². The van der Waals surface area contributed by atoms with E-state index in [1.165, 1.54) is 12.5 Å². The summed E-state index contributed by atoms with van der Waals surface area (Å²) in [7, 11) is 0. The first-order chi connectivity index (χ1) is 11.3. The van der Waals surface area contributed by atoms with E-state index in [2.05, 4.69) is 5.32 Å². The number of ketones is 1. The summed E-state index contributed by atoms with van der Waals surface area (Å²) < 4.78 is 0. The fourth-order valence-corrected chi connectivity index (χ4v) is 3.96. The molecule has 1 fully saturated rings. The summed E-state index contributed by atoms with van der Waals surface area (Å²) in [6.07, 6.45) is 8.33. The molecule has 0 aromatic carbocycles. The van der Waals surface area contributed by atoms with E-state index in [4.69, 9.17) is 0 Å². The highest BCUT2D eigenvalue weighted by molar-refractivity contribution is 5.90. The summed E-state index contributed by atoms with van der Waals surface area (Å²) in [5.74, 6) is -2.27. The van der Waals surface area contributed by atoms with Gasteiger partial charge >= 0.3 is 5.97 Å². The number of hydrogen-bond acceptors (Lipinski definition) is 3. The van der Waals surface area contributed by atoms with Gasteiger partial charge in [-0.2, -0.15) is 0 Å². The van der Waals surface area contributed by atoms with Crippen LogP contribution in [0.25, 0.3) is 0 Å². The van der Waals surface area contributed by atoms with Crippen LogP contribution in [0, 0.1) is 17.3 Å². The quantitative estimate of drug-likeness (QED) is 0.783. The standard InChI is InChI=1S/C19H27NO4/c1-4-17(22)19(11-20-13(3)21)10-15-8-6-5-7-14(15)9-16(19)12(2)18(23)24/h9-10,12,16H,4-8,11H2,1-3H3,(H,20,21)(H,23,24). The van der Waals surface area contributed by atoms with Gasteiger partial charge in [0.25, 0.3) is 0 Å². The van der Waals surface area contributed by atoms with E-state index in [1.54, 1.807) is 13.8 Å². The van der Waals surface area contributed by atoms with Crippen LogP contribution < -0.4 is 5.32 Å². The van der Waals surface area contributed by atoms with Gasteiger partial charge in [-0.15, -0.1) is 0 Å². The zero-order valence-electron chi connectivity index (χ0n) is 14.7. The van der Waals surface area contributed by atoms with Gasteiger partial charge in [0.05, 0.1) is 11.3 Å². The first-order valence-corrected chi connectivity index (χ1v) is 8.75. The van der Waals surface area contributed by atoms with Crippen molar-refractivity contribution in [1.82, 2.24) is 5.32 Å². The summed E-state index contributed by atoms with van der Waals surface area (Å²) >= 11 is 0. The molecule has 5 heteroatoms. The number of rotatable bonds is 6. The third-order valence-corrected chi connectivity index (χ3v) is 5.36. The summed E-state index contributed by atoms with van der Waals surface area (Å²) in [6.45, 7) is 5.01. The van der Waals surface area contributed by atoms with Crippen LogP contribution in [0.4, 0.5) is 0 Å². The van der Waals surface area contributed by atoms with Crippen LogP contribution in [0.3, 0.4) is 0 Å². The number of carboxylic acid groups (broad SMARTS) is 1. The van der Waals surface area contributed by atoms with Gasteiger partial charge in [-0.25, -0.2) is 0 Å². The molecule has 5 nitrogen and oxygen atoms in total. The van der Waals surface area contributed by atoms with Gasteiger partial charge in [-0.1, -0.05) is 26.0 Å². The number of allylic oxidation sites excluding steroid dienone is 3. The second-order valence-corrected chi connectivity index (χ2v) is 6.95. The second-order valence-electron chi connectivity index (χ2n) is 6.95. The molecule has 2 N–H and O–H groups in total. The lowest BCUT2D eigenvalue weighted by Gasteiger charge is -2.42. The molecular formula is C19H27NO4. The van der Waals surface area contributed by atoms with Crippen LogP contribution in [0.15, 0.2) is 23.3 Å². The minimum atomic E-state index is -0.964. The average Bonchev–Trinajstić information content (AvgIpc) is 2.57. The van der Waals surface area contributed by atoms with Gasteiger partial charge in [0.1, 0.15) is 5.78 Å². The highest BCUT2D eigenvalue weighted by Gasteiger charge is 2.48. The second kappa shape index (κ2) is 7.32. The number of carboxylic acids is 1. The number of Topliss-reactive ketones (excluding diaryl/α,β-unsaturated/α-hetero) is 1. The predicted molar refractivity (Wildman–Crippen MR) is 91.3 cm³/mol. The molecule has 0 saturated heterocycles. The molecule has 0 aromatic rings. The summed E-state index contributed by atoms with van der Waals surface area (Å²) in [6, 6.07) is 0. The first-order valence-electron chi connectivity index (χ1n) is 8.75. The minimum Gasteiger partial charge on any atom is -0.481 e. The minimum absolute atomic E-state index is 0.0114. The summed E-state index contributed by atoms with van der Waals surface area (Å²) in [5.41, 5.74) is 1.37. The third-order valence-electron chi connectivity index (χ3n) is 5.36. The number of aliphatic carboxylic acids is 1. The SMILES string of the molecule is CCC(=O)C1(CNC(C)=O)C=C2CCCCC2=CC1C(C)C(=O)O. The fraction of sp³-hybridized carbons (Fsp3) is 0.632. The summed E-state index contributed by atoms with van der Waals surface area (Å²) in [4.78, 5) is 36.0. The molecular weight excluding hydrogens is 306 g/mol. The first kappa shape index (κ1) is 18.4. The maximum Gasteiger partial charge on any atom is 0.306 e. The Hall–Kier alpha value is -1.91. The molecule has 1 amide bonds. The van der Waals surface area contributed by atoms with Crippen LogP contribution in [-0.2, 0) is 14.4 Å². The molecule has 0 bridgehead atoms. The molecule has 3 unspecified atom stereocenters. The molecule has 2 aliphatic rings. The Bertz CT molecular complexity index is 604. The lowest BCUT2D eigenvalue weighted by molar-refractivity contribution is -0.144. The van der Waals surface area contributed by atoms with Crippen LogP contribution in [0.5, 0.6) is 0 Å². The van der Waals surface area contributed by atoms with Crippen molar-refractivity contribution in [2.75, 3.05) is 6.54 Å². The molecule has 2 aliphatic carbocycles. The van der Waals surface area contributed by atoms with Crippen LogP contribution in [0.2, 0.25) is 0 Å². The Morgan fingerprint density at radius 1 is 1.29 bits per heavy atom. The Morgan fingerprint density at radius 3 is 2.46 bits per heavy atom. The Morgan fingerprint density at radius 2 is 1.92 bits per heavy atom. The third kappa shape index (κ3) is 3.45. The molecule has 0 spiro atoms. The molecule has 0 heterocycles. The Labute approximate surface area is 143 Å². The van der Waals surface area contributed by atoms with Crippen LogP contribution in [-0.4, -0.2) is 29.3 Å². The molecule has 0 aliphatic heterocycles. The predicted octanol–water partition coefficient (Wildman–Crippen LogP) is 2.87. The highest BCUT2D eigenvalue weighted by Crippen LogP contribution is 2.47. The highest BCUT2D eigenvalue weighted by atomic mass is 16.4. The van der Waals surface area contributed by atoms with Gasteiger partial charge in [0, 0.05) is 25.8 Å². The van der Waals surface area contributed by atoms with Gasteiger partial charge in [-0.3, -0.25) is 14.4 Å². The van der Waals surface area contributed by atoms with E-state index in [0.29, 0.717) is 6.42 Å². The van der Waals surface area contributed by atoms with E-state index in [9.17, 15) is 19.5 Å². The van der Waals surface area contributed by atoms with Crippen molar-refractivity contribution in [2.45, 2.75) is 52.9 Å². The zero-order valence-corrected chi connectivity index (χ0v) is 14.7. The molecule has 24 heavy (non-hydrogen) atoms. The fourth-order valence-electron chi connectivity index (χ4n) is 3.96. The van der Waals surface area contributed by atoms with Crippen LogP contribution in [0.1, 0.15) is 52.9 Å². The average molecular weight is 333 g/mol. The number of carbonyl (C=O) groups excluding carboxylic acids is 2. The number of amides is 1. The summed E-state index contributed by atoms with van der Waals surface area (Å²) in [5, 5.41) is 12.3. The van der Waals surface area contributed by atoms with Gasteiger partial charge in [0.15, 0.2) is 0 Å². The van der Waals surface area contributed by atoms with Gasteiger partial charge in [-0.05, 0) is 36.8 Å². The number of fused-ring (bicyclic) bond motifs is 1. The van der Waals surface area contributed by atoms with E-state index in [1.807, 2.05) is 12.2 Å². The number of hydrogen-bond donors (Lipinski definition) is 2. The monoisotopic (exact) mass is 333 g/mol. The molecule has 0 aromatic heterocycles. The Kier molecular flexibility index (Phi) is 5.62. The van der Waals surface area contributed by atoms with Crippen molar-refractivity contribution in [3.05, 3.63) is 23.3 Å². The topological polar surface area (TPSA) is 83.5 Å². The maximum absolute atomic E-state index is 12.9. The molecule has 132 valence electrons. The van der Waals surface area contributed by atoms with E-state index >= 15 is 0 Å². The van der Waals surface area contributed by atoms with E-state index in [0.717, 1.165) is 31.3 Å². The lowest BCUT2D eigenvalue weighted by atomic mass is 9.61. The van der Waals surface area contributed by atoms with Crippen molar-refractivity contribution in [1.29, 1.82) is 0 Å². The van der Waals surface area contributed by atoms with Crippen molar-refractivity contribution in [3.8, 4) is 0 Å². The van der Waals surface area contributed by atoms with E-state index in [-0.39, 0.29) is 18.2 Å². The molecule has 0 radical (unpaired) electrons. The zero-order chi connectivity index (χ0) is 17.9. The van der Waals surface area contributed by atoms with Gasteiger partial charge < -0.3 is 10.4 Å². The lowest BCUT2D eigenvalue weighted by Crippen LogP contribution is -2.50. The number of nitrogens with one attached hydrogen (secondary N) is 1. The molecule has 1 saturated carbocycles. The van der Waals surface area contributed by atoms with Crippen molar-refractivity contribution in [2.24, 2.45) is 17.3 Å². The van der Waals surface area contributed by atoms with Crippen molar-refractivity contribution < 1.29 is 19.5 Å². The smallest absolute Gasteiger partial charge is 0.306 e. The van der Waals surface area contributed by atoms with Crippen molar-refractivity contribution >= 4 is 17.7 Å². The van der Waals surface area contributed by atoms with Crippen molar-refractivity contribution in [3.63, 3.8) is 0 Å². The molecule has 2 rings (SSSR count). The number of carbonyl (C=O) groups is 3. The largest absolute Gasteiger partial charge is 0.481 e. The molecule has 3 atom stereocenters. The Balaban J connectivity index is 2.53. The van der Waals surface area contributed by atoms with Gasteiger partial charge in [0.2, 0.25) is 5.91 Å².